The molecule has 0 aliphatic rings. The number of anilines is 2. The van der Waals surface area contributed by atoms with Crippen molar-refractivity contribution in [2.75, 3.05) is 17.7 Å². The van der Waals surface area contributed by atoms with Gasteiger partial charge >= 0.3 is 11.9 Å². The van der Waals surface area contributed by atoms with Crippen molar-refractivity contribution < 1.29 is 34.5 Å². The number of carboxylic acid groups (broad SMARTS) is 2. The third-order valence-electron chi connectivity index (χ3n) is 4.24. The number of amidine groups is 1. The summed E-state index contributed by atoms with van der Waals surface area (Å²) in [5, 5.41) is 35.4. The molecule has 11 heteroatoms. The van der Waals surface area contributed by atoms with Crippen LogP contribution in [-0.4, -0.2) is 46.2 Å². The Morgan fingerprint density at radius 3 is 2.32 bits per heavy atom. The minimum absolute atomic E-state index is 0.0835. The maximum Gasteiger partial charge on any atom is 0.330 e. The molecule has 0 aromatic heterocycles. The quantitative estimate of drug-likeness (QED) is 0.142. The molecule has 0 heterocycles. The number of amides is 1. The van der Waals surface area contributed by atoms with Gasteiger partial charge in [-0.05, 0) is 42.0 Å². The fourth-order valence-corrected chi connectivity index (χ4v) is 2.69. The molecular formula is C20H22N4O7. The van der Waals surface area contributed by atoms with E-state index in [2.05, 4.69) is 15.8 Å². The number of aliphatic carboxylic acids is 2. The van der Waals surface area contributed by atoms with Crippen molar-refractivity contribution >= 4 is 35.1 Å². The van der Waals surface area contributed by atoms with Crippen molar-refractivity contribution in [3.8, 4) is 5.75 Å². The number of nitrogens with one attached hydrogen (secondary N) is 2. The summed E-state index contributed by atoms with van der Waals surface area (Å²) in [4.78, 5) is 34.5. The number of carbonyl (C=O) groups is 3. The molecule has 0 spiro atoms. The Bertz CT molecular complexity index is 990. The number of nitrogens with two attached hydrogens (primary N) is 1. The summed E-state index contributed by atoms with van der Waals surface area (Å²) >= 11 is 0. The highest BCUT2D eigenvalue weighted by Gasteiger charge is 2.22. The molecular weight excluding hydrogens is 408 g/mol. The average Bonchev–Trinajstić information content (AvgIpc) is 2.75. The molecule has 1 unspecified atom stereocenters. The average molecular weight is 430 g/mol. The van der Waals surface area contributed by atoms with Crippen LogP contribution in [-0.2, 0) is 14.4 Å². The topological polar surface area (TPSA) is 184 Å². The third-order valence-corrected chi connectivity index (χ3v) is 4.24. The molecule has 0 radical (unpaired) electrons. The number of benzene rings is 2. The van der Waals surface area contributed by atoms with Crippen LogP contribution in [0.1, 0.15) is 30.0 Å². The summed E-state index contributed by atoms with van der Waals surface area (Å²) in [6, 6.07) is 9.55. The van der Waals surface area contributed by atoms with Gasteiger partial charge < -0.3 is 36.5 Å². The third kappa shape index (κ3) is 6.35. The van der Waals surface area contributed by atoms with E-state index in [0.29, 0.717) is 22.6 Å². The van der Waals surface area contributed by atoms with Crippen LogP contribution in [0.15, 0.2) is 47.6 Å². The molecule has 7 N–H and O–H groups in total. The van der Waals surface area contributed by atoms with Gasteiger partial charge in [-0.3, -0.25) is 9.59 Å². The lowest BCUT2D eigenvalue weighted by atomic mass is 10.0. The van der Waals surface area contributed by atoms with Gasteiger partial charge in [0.25, 0.3) is 0 Å². The van der Waals surface area contributed by atoms with Gasteiger partial charge in [-0.2, -0.15) is 0 Å². The van der Waals surface area contributed by atoms with E-state index in [4.69, 9.17) is 20.8 Å². The van der Waals surface area contributed by atoms with Gasteiger partial charge in [-0.25, -0.2) is 4.79 Å². The molecule has 0 aliphatic carbocycles. The van der Waals surface area contributed by atoms with Crippen LogP contribution in [0.25, 0.3) is 0 Å². The monoisotopic (exact) mass is 430 g/mol. The smallest absolute Gasteiger partial charge is 0.330 e. The molecule has 0 fully saturated rings. The highest BCUT2D eigenvalue weighted by Crippen LogP contribution is 2.30. The highest BCUT2D eigenvalue weighted by atomic mass is 16.5. The number of ether oxygens (including phenoxy) is 1. The Hall–Kier alpha value is -4.28. The standard InChI is InChI=1S/C20H22N4O7/c1-31-15-7-4-12(10-14(15)23-16(25)8-9-17(26)27)18(20(28)29)22-13-5-2-11(3-6-13)19(21)24-30/h2-7,10,18,22,30H,8-9H2,1H3,(H2,21,24)(H,23,25)(H,26,27)(H,28,29). The fraction of sp³-hybridized carbons (Fsp3) is 0.200. The minimum atomic E-state index is -1.17. The summed E-state index contributed by atoms with van der Waals surface area (Å²) in [6.07, 6.45) is -0.579. The summed E-state index contributed by atoms with van der Waals surface area (Å²) in [5.41, 5.74) is 6.97. The lowest BCUT2D eigenvalue weighted by molar-refractivity contribution is -0.139. The van der Waals surface area contributed by atoms with Gasteiger partial charge in [0.15, 0.2) is 11.9 Å². The van der Waals surface area contributed by atoms with Crippen LogP contribution in [0.5, 0.6) is 5.75 Å². The molecule has 0 bridgehead atoms. The first-order valence-electron chi connectivity index (χ1n) is 9.02. The van der Waals surface area contributed by atoms with E-state index in [1.807, 2.05) is 0 Å². The summed E-state index contributed by atoms with van der Waals surface area (Å²) in [7, 11) is 1.39. The molecule has 1 amide bonds. The number of carbonyl (C=O) groups excluding carboxylic acids is 1. The van der Waals surface area contributed by atoms with Gasteiger partial charge in [-0.1, -0.05) is 11.2 Å². The second kappa shape index (κ2) is 10.5. The van der Waals surface area contributed by atoms with Crippen LogP contribution in [0.3, 0.4) is 0 Å². The minimum Gasteiger partial charge on any atom is -0.495 e. The van der Waals surface area contributed by atoms with E-state index in [1.54, 1.807) is 24.3 Å². The van der Waals surface area contributed by atoms with Crippen molar-refractivity contribution in [2.24, 2.45) is 10.9 Å². The number of oxime groups is 1. The zero-order valence-electron chi connectivity index (χ0n) is 16.5. The number of hydrogen-bond acceptors (Lipinski definition) is 7. The zero-order valence-corrected chi connectivity index (χ0v) is 16.5. The highest BCUT2D eigenvalue weighted by molar-refractivity contribution is 5.97. The maximum atomic E-state index is 12.0. The summed E-state index contributed by atoms with van der Waals surface area (Å²) in [5.74, 6) is -2.62. The molecule has 2 aromatic carbocycles. The normalized spacial score (nSPS) is 12.0. The van der Waals surface area contributed by atoms with Crippen molar-refractivity contribution in [1.82, 2.24) is 0 Å². The predicted molar refractivity (Wildman–Crippen MR) is 111 cm³/mol. The summed E-state index contributed by atoms with van der Waals surface area (Å²) in [6.45, 7) is 0. The van der Waals surface area contributed by atoms with E-state index < -0.39 is 23.9 Å². The molecule has 2 rings (SSSR count). The molecule has 11 nitrogen and oxygen atoms in total. The van der Waals surface area contributed by atoms with Crippen LogP contribution in [0.2, 0.25) is 0 Å². The second-order valence-corrected chi connectivity index (χ2v) is 6.38. The largest absolute Gasteiger partial charge is 0.495 e. The second-order valence-electron chi connectivity index (χ2n) is 6.38. The van der Waals surface area contributed by atoms with E-state index in [-0.39, 0.29) is 24.4 Å². The first-order valence-corrected chi connectivity index (χ1v) is 9.02. The molecule has 0 saturated heterocycles. The van der Waals surface area contributed by atoms with Gasteiger partial charge in [0.1, 0.15) is 5.75 Å². The molecule has 0 saturated carbocycles. The fourth-order valence-electron chi connectivity index (χ4n) is 2.69. The van der Waals surface area contributed by atoms with E-state index in [1.165, 1.54) is 25.3 Å². The number of carboxylic acids is 2. The van der Waals surface area contributed by atoms with E-state index in [0.717, 1.165) is 0 Å². The lowest BCUT2D eigenvalue weighted by Gasteiger charge is -2.19. The Labute approximate surface area is 177 Å². The van der Waals surface area contributed by atoms with Crippen LogP contribution in [0.4, 0.5) is 11.4 Å². The Morgan fingerprint density at radius 1 is 1.10 bits per heavy atom. The first-order chi connectivity index (χ1) is 14.7. The van der Waals surface area contributed by atoms with Crippen LogP contribution >= 0.6 is 0 Å². The number of methoxy groups -OCH3 is 1. The molecule has 31 heavy (non-hydrogen) atoms. The van der Waals surface area contributed by atoms with Gasteiger partial charge in [0.05, 0.1) is 19.2 Å². The van der Waals surface area contributed by atoms with Gasteiger partial charge in [-0.15, -0.1) is 0 Å². The number of rotatable bonds is 10. The van der Waals surface area contributed by atoms with E-state index in [9.17, 15) is 19.5 Å². The number of hydrogen-bond donors (Lipinski definition) is 6. The van der Waals surface area contributed by atoms with Crippen molar-refractivity contribution in [2.45, 2.75) is 18.9 Å². The van der Waals surface area contributed by atoms with E-state index >= 15 is 0 Å². The molecule has 0 aliphatic heterocycles. The van der Waals surface area contributed by atoms with Crippen molar-refractivity contribution in [3.63, 3.8) is 0 Å². The van der Waals surface area contributed by atoms with Gasteiger partial charge in [0.2, 0.25) is 5.91 Å². The predicted octanol–water partition coefficient (Wildman–Crippen LogP) is 1.83. The molecule has 164 valence electrons. The zero-order chi connectivity index (χ0) is 23.0. The van der Waals surface area contributed by atoms with Crippen LogP contribution in [0, 0.1) is 0 Å². The SMILES string of the molecule is COc1ccc(C(Nc2ccc(C(N)=NO)cc2)C(=O)O)cc1NC(=O)CCC(=O)O. The summed E-state index contributed by atoms with van der Waals surface area (Å²) < 4.78 is 5.19. The Balaban J connectivity index is 2.26. The van der Waals surface area contributed by atoms with Crippen LogP contribution < -0.4 is 21.1 Å². The Kier molecular flexibility index (Phi) is 7.78. The first kappa shape index (κ1) is 23.0. The van der Waals surface area contributed by atoms with Crippen molar-refractivity contribution in [3.05, 3.63) is 53.6 Å². The molecule has 1 atom stereocenters. The van der Waals surface area contributed by atoms with Gasteiger partial charge in [0, 0.05) is 17.7 Å². The lowest BCUT2D eigenvalue weighted by Crippen LogP contribution is -2.21. The maximum absolute atomic E-state index is 12.0. The number of nitrogens with zero attached hydrogens (tertiary/aromatic N) is 1. The van der Waals surface area contributed by atoms with Crippen molar-refractivity contribution in [1.29, 1.82) is 0 Å². The Morgan fingerprint density at radius 2 is 1.77 bits per heavy atom. The molecule has 2 aromatic rings.